The van der Waals surface area contributed by atoms with Gasteiger partial charge in [-0.3, -0.25) is 0 Å². The van der Waals surface area contributed by atoms with Crippen LogP contribution in [0.15, 0.2) is 199 Å². The summed E-state index contributed by atoms with van der Waals surface area (Å²) >= 11 is 2.02. The van der Waals surface area contributed by atoms with Gasteiger partial charge in [0.2, 0.25) is 0 Å². The Balaban J connectivity index is 1.15. The van der Waals surface area contributed by atoms with Crippen molar-refractivity contribution in [2.75, 3.05) is 9.71 Å². The lowest BCUT2D eigenvalue weighted by molar-refractivity contribution is 0.332. The van der Waals surface area contributed by atoms with Gasteiger partial charge in [0.05, 0.1) is 11.4 Å². The maximum Gasteiger partial charge on any atom is 0.343 e. The van der Waals surface area contributed by atoms with Crippen molar-refractivity contribution in [3.8, 4) is 22.3 Å². The highest BCUT2D eigenvalue weighted by Crippen LogP contribution is 2.56. The van der Waals surface area contributed by atoms with Crippen molar-refractivity contribution >= 4 is 118 Å². The Hall–Kier alpha value is -7.38. The fraction of sp³-hybridized carbons (Fsp3) is 0.176. The van der Waals surface area contributed by atoms with Crippen LogP contribution in [0.25, 0.3) is 54.3 Å². The number of hydrogen-bond acceptors (Lipinski definition) is 4. The maximum atomic E-state index is 7.32. The average Bonchev–Trinajstić information content (AvgIpc) is 4.04. The molecule has 0 atom stereocenters. The molecule has 0 radical (unpaired) electrons. The Morgan fingerprint density at radius 2 is 1.18 bits per heavy atom. The van der Waals surface area contributed by atoms with E-state index in [1.54, 1.807) is 0 Å². The molecule has 0 bridgehead atoms. The highest BCUT2D eigenvalue weighted by Gasteiger charge is 2.56. The lowest BCUT2D eigenvalue weighted by atomic mass is 9.46. The van der Waals surface area contributed by atoms with Crippen molar-refractivity contribution < 1.29 is 4.42 Å². The normalized spacial score (nSPS) is 16.4. The largest absolute Gasteiger partial charge is 0.455 e. The van der Waals surface area contributed by atoms with Gasteiger partial charge in [0.15, 0.2) is 8.07 Å². The molecule has 6 heteroatoms. The second-order valence-corrected chi connectivity index (χ2v) is 28.6. The highest BCUT2D eigenvalue weighted by atomic mass is 32.1. The first kappa shape index (κ1) is 44.1. The van der Waals surface area contributed by atoms with Gasteiger partial charge < -0.3 is 14.1 Å². The van der Waals surface area contributed by atoms with E-state index in [0.717, 1.165) is 28.4 Å². The van der Waals surface area contributed by atoms with Crippen LogP contribution in [0.2, 0.25) is 0 Å². The topological polar surface area (TPSA) is 19.6 Å². The van der Waals surface area contributed by atoms with Crippen LogP contribution in [0.1, 0.15) is 78.0 Å². The summed E-state index contributed by atoms with van der Waals surface area (Å²) in [6.45, 7) is 16.7. The number of anilines is 5. The van der Waals surface area contributed by atoms with Gasteiger partial charge in [-0.15, -0.1) is 11.3 Å². The van der Waals surface area contributed by atoms with Crippen LogP contribution in [-0.2, 0) is 16.2 Å². The number of fused-ring (bicyclic) bond motifs is 13. The van der Waals surface area contributed by atoms with Crippen molar-refractivity contribution in [3.63, 3.8) is 0 Å². The van der Waals surface area contributed by atoms with Gasteiger partial charge in [0.1, 0.15) is 11.2 Å². The Kier molecular flexibility index (Phi) is 9.15. The molecule has 5 heterocycles. The number of benzene rings is 9. The molecule has 0 amide bonds. The van der Waals surface area contributed by atoms with Crippen molar-refractivity contribution in [2.24, 2.45) is 0 Å². The van der Waals surface area contributed by atoms with Crippen LogP contribution in [0.4, 0.5) is 28.4 Å². The third-order valence-corrected chi connectivity index (χ3v) is 23.7. The Bertz CT molecular complexity index is 4110. The Labute approximate surface area is 439 Å². The molecule has 3 aliphatic heterocycles. The van der Waals surface area contributed by atoms with Gasteiger partial charge in [-0.05, 0) is 120 Å². The Morgan fingerprint density at radius 3 is 1.89 bits per heavy atom. The van der Waals surface area contributed by atoms with Crippen LogP contribution in [-0.4, -0.2) is 14.9 Å². The summed E-state index contributed by atoms with van der Waals surface area (Å²) in [5, 5.41) is 9.23. The number of furan rings is 1. The van der Waals surface area contributed by atoms with Gasteiger partial charge >= 0.3 is 6.85 Å². The maximum absolute atomic E-state index is 7.32. The van der Waals surface area contributed by atoms with Gasteiger partial charge in [0.25, 0.3) is 0 Å². The van der Waals surface area contributed by atoms with Gasteiger partial charge in [-0.1, -0.05) is 200 Å². The number of para-hydroxylation sites is 3. The lowest BCUT2D eigenvalue weighted by Gasteiger charge is -2.51. The molecule has 0 saturated heterocycles. The molecule has 9 aromatic carbocycles. The predicted octanol–water partition coefficient (Wildman–Crippen LogP) is 14.5. The summed E-state index contributed by atoms with van der Waals surface area (Å²) in [4.78, 5) is 5.52. The van der Waals surface area contributed by atoms with E-state index >= 15 is 0 Å². The minimum absolute atomic E-state index is 0.0250. The van der Waals surface area contributed by atoms with Crippen LogP contribution >= 0.6 is 11.3 Å². The van der Waals surface area contributed by atoms with E-state index < -0.39 is 8.07 Å². The quantitative estimate of drug-likeness (QED) is 0.164. The van der Waals surface area contributed by atoms with Crippen molar-refractivity contribution in [3.05, 3.63) is 211 Å². The average molecular weight is 989 g/mol. The van der Waals surface area contributed by atoms with E-state index in [4.69, 9.17) is 4.42 Å². The molecule has 358 valence electrons. The van der Waals surface area contributed by atoms with E-state index in [2.05, 4.69) is 252 Å². The smallest absolute Gasteiger partial charge is 0.343 e. The van der Waals surface area contributed by atoms with E-state index in [1.807, 2.05) is 11.3 Å². The minimum atomic E-state index is -2.98. The summed E-state index contributed by atoms with van der Waals surface area (Å²) < 4.78 is 10.0. The second-order valence-electron chi connectivity index (χ2n) is 23.8. The third kappa shape index (κ3) is 5.90. The SMILES string of the molecule is CC(C)(C)c1ccc(N2c3cc4c(oc5ccccc54)c4c3B(c3sc5cc6c(cc5c32)C(C)(C)CCC6(C)C)N2c3ccccc3[Si](c3ccccc3)(c3ccccc3)c3cccc-4c32)c(-c2ccccc2)c1. The zero-order valence-electron chi connectivity index (χ0n) is 43.2. The van der Waals surface area contributed by atoms with Crippen molar-refractivity contribution in [1.29, 1.82) is 0 Å². The molecule has 4 aliphatic rings. The summed E-state index contributed by atoms with van der Waals surface area (Å²) in [7, 11) is -2.98. The summed E-state index contributed by atoms with van der Waals surface area (Å²) in [5.41, 5.74) is 18.7. The van der Waals surface area contributed by atoms with Crippen molar-refractivity contribution in [1.82, 2.24) is 0 Å². The summed E-state index contributed by atoms with van der Waals surface area (Å²) in [5.74, 6) is 0. The highest BCUT2D eigenvalue weighted by molar-refractivity contribution is 7.33. The minimum Gasteiger partial charge on any atom is -0.455 e. The molecule has 3 nitrogen and oxygen atoms in total. The van der Waals surface area contributed by atoms with Crippen LogP contribution in [0.3, 0.4) is 0 Å². The van der Waals surface area contributed by atoms with E-state index in [9.17, 15) is 0 Å². The molecule has 0 N–H and O–H groups in total. The third-order valence-electron chi connectivity index (χ3n) is 17.7. The van der Waals surface area contributed by atoms with Crippen LogP contribution < -0.4 is 40.7 Å². The molecular weight excluding hydrogens is 932 g/mol. The Morgan fingerprint density at radius 1 is 0.541 bits per heavy atom. The molecule has 15 rings (SSSR count). The molecule has 2 aromatic heterocycles. The van der Waals surface area contributed by atoms with E-state index in [0.29, 0.717) is 0 Å². The van der Waals surface area contributed by atoms with Crippen molar-refractivity contribution in [2.45, 2.75) is 77.6 Å². The molecule has 0 spiro atoms. The van der Waals surface area contributed by atoms with E-state index in [1.165, 1.54) is 115 Å². The van der Waals surface area contributed by atoms with Gasteiger partial charge in [-0.25, -0.2) is 0 Å². The molecule has 0 saturated carbocycles. The van der Waals surface area contributed by atoms with E-state index in [-0.39, 0.29) is 23.1 Å². The first-order valence-electron chi connectivity index (χ1n) is 26.6. The summed E-state index contributed by atoms with van der Waals surface area (Å²) in [6.07, 6.45) is 2.32. The zero-order chi connectivity index (χ0) is 50.0. The second kappa shape index (κ2) is 15.3. The first-order valence-corrected chi connectivity index (χ1v) is 29.4. The molecular formula is C68H57BN2OSSi. The van der Waals surface area contributed by atoms with Gasteiger partial charge in [-0.2, -0.15) is 0 Å². The van der Waals surface area contributed by atoms with Crippen LogP contribution in [0, 0.1) is 0 Å². The van der Waals surface area contributed by atoms with Crippen LogP contribution in [0.5, 0.6) is 0 Å². The fourth-order valence-electron chi connectivity index (χ4n) is 14.0. The zero-order valence-corrected chi connectivity index (χ0v) is 45.0. The number of rotatable bonds is 4. The van der Waals surface area contributed by atoms with Gasteiger partial charge in [0, 0.05) is 59.4 Å². The molecule has 11 aromatic rings. The first-order chi connectivity index (χ1) is 35.8. The predicted molar refractivity (Wildman–Crippen MR) is 319 cm³/mol. The summed E-state index contributed by atoms with van der Waals surface area (Å²) in [6, 6.07) is 74.6. The standard InChI is InChI=1S/C68H57BN2OSSi/c1-66(2,3)43-34-35-53(48(38-43)42-22-11-8-12-23-42)70-55-40-49-46-28-17-19-31-56(46)72-64(49)60-47-29-21-33-59-62(47)71(54-30-18-20-32-58(54)74(59,44-24-13-9-14-25-44)45-26-15-10-16-27-45)69(61(55)60)65-63(70)50-39-51-52(41-57(50)73-65)68(6,7)37-36-67(51,4)5/h8-35,38-41H,36-37H2,1-7H3. The monoisotopic (exact) mass is 988 g/mol. The molecule has 74 heavy (non-hydrogen) atoms. The fourth-order valence-corrected chi connectivity index (χ4v) is 20.4. The molecule has 1 aliphatic carbocycles. The number of thiophene rings is 1. The number of nitrogens with zero attached hydrogens (tertiary/aromatic N) is 2. The number of hydrogen-bond donors (Lipinski definition) is 0. The molecule has 0 fully saturated rings. The lowest BCUT2D eigenvalue weighted by Crippen LogP contribution is -2.79. The molecule has 0 unspecified atom stereocenters.